The third-order valence-electron chi connectivity index (χ3n) is 2.43. The van der Waals surface area contributed by atoms with E-state index >= 15 is 0 Å². The van der Waals surface area contributed by atoms with E-state index in [0.717, 1.165) is 6.07 Å². The normalized spacial score (nSPS) is 14.7. The second-order valence-corrected chi connectivity index (χ2v) is 3.57. The number of phenolic OH excluding ortho intramolecular Hbond substituents is 1. The number of hydrogen-bond acceptors (Lipinski definition) is 5. The van der Waals surface area contributed by atoms with Gasteiger partial charge in [0.2, 0.25) is 6.79 Å². The lowest BCUT2D eigenvalue weighted by atomic mass is 10.0. The van der Waals surface area contributed by atoms with Gasteiger partial charge in [0, 0.05) is 18.1 Å². The minimum Gasteiger partial charge on any atom is -0.505 e. The number of aliphatic carboxylic acids is 1. The highest BCUT2D eigenvalue weighted by Gasteiger charge is 2.27. The highest BCUT2D eigenvalue weighted by atomic mass is 19.1. The molecule has 6 nitrogen and oxygen atoms in total. The van der Waals surface area contributed by atoms with E-state index in [0.29, 0.717) is 0 Å². The molecule has 4 N–H and O–H groups in total. The first-order valence-corrected chi connectivity index (χ1v) is 4.79. The Morgan fingerprint density at radius 3 is 2.94 bits per heavy atom. The van der Waals surface area contributed by atoms with Crippen LogP contribution in [0.4, 0.5) is 4.39 Å². The third kappa shape index (κ3) is 1.96. The van der Waals surface area contributed by atoms with Gasteiger partial charge in [-0.2, -0.15) is 0 Å². The van der Waals surface area contributed by atoms with Crippen LogP contribution in [0.15, 0.2) is 6.07 Å². The number of fused-ring (bicyclic) bond motifs is 1. The molecule has 1 unspecified atom stereocenters. The molecule has 0 aromatic heterocycles. The highest BCUT2D eigenvalue weighted by Crippen LogP contribution is 2.42. The number of carboxylic acid groups (broad SMARTS) is 1. The van der Waals surface area contributed by atoms with E-state index in [1.54, 1.807) is 0 Å². The molecule has 7 heteroatoms. The third-order valence-corrected chi connectivity index (χ3v) is 2.43. The van der Waals surface area contributed by atoms with Gasteiger partial charge in [-0.1, -0.05) is 0 Å². The van der Waals surface area contributed by atoms with Crippen molar-refractivity contribution in [1.82, 2.24) is 0 Å². The van der Waals surface area contributed by atoms with Crippen LogP contribution in [-0.4, -0.2) is 29.0 Å². The first-order chi connectivity index (χ1) is 8.00. The average molecular weight is 243 g/mol. The molecule has 1 aliphatic heterocycles. The first kappa shape index (κ1) is 11.5. The van der Waals surface area contributed by atoms with Crippen LogP contribution in [0.5, 0.6) is 17.2 Å². The van der Waals surface area contributed by atoms with E-state index in [2.05, 4.69) is 0 Å². The van der Waals surface area contributed by atoms with Gasteiger partial charge in [-0.15, -0.1) is 0 Å². The number of carbonyl (C=O) groups is 1. The van der Waals surface area contributed by atoms with Crippen LogP contribution in [-0.2, 0) is 11.2 Å². The molecule has 0 radical (unpaired) electrons. The Morgan fingerprint density at radius 2 is 2.29 bits per heavy atom. The van der Waals surface area contributed by atoms with Crippen LogP contribution in [0.1, 0.15) is 5.56 Å². The number of aromatic hydroxyl groups is 1. The highest BCUT2D eigenvalue weighted by molar-refractivity contribution is 5.74. The van der Waals surface area contributed by atoms with Crippen molar-refractivity contribution in [2.75, 3.05) is 6.79 Å². The zero-order chi connectivity index (χ0) is 12.6. The molecule has 2 rings (SSSR count). The number of phenols is 1. The Hall–Kier alpha value is -2.02. The summed E-state index contributed by atoms with van der Waals surface area (Å²) in [6, 6.07) is -0.274. The molecule has 1 atom stereocenters. The fourth-order valence-corrected chi connectivity index (χ4v) is 1.56. The van der Waals surface area contributed by atoms with Gasteiger partial charge in [0.25, 0.3) is 0 Å². The van der Waals surface area contributed by atoms with Crippen molar-refractivity contribution < 1.29 is 28.9 Å². The number of hydrogen-bond donors (Lipinski definition) is 3. The lowest BCUT2D eigenvalue weighted by Gasteiger charge is -2.11. The number of benzene rings is 1. The van der Waals surface area contributed by atoms with E-state index in [4.69, 9.17) is 20.3 Å². The zero-order valence-electron chi connectivity index (χ0n) is 8.64. The summed E-state index contributed by atoms with van der Waals surface area (Å²) in [6.45, 7) is -0.104. The smallest absolute Gasteiger partial charge is 0.320 e. The van der Waals surface area contributed by atoms with Crippen molar-refractivity contribution in [2.24, 2.45) is 5.73 Å². The Bertz CT molecular complexity index is 476. The molecule has 1 aliphatic rings. The van der Waals surface area contributed by atoms with Crippen molar-refractivity contribution >= 4 is 5.97 Å². The summed E-state index contributed by atoms with van der Waals surface area (Å²) < 4.78 is 23.3. The minimum atomic E-state index is -1.25. The predicted molar refractivity (Wildman–Crippen MR) is 53.5 cm³/mol. The van der Waals surface area contributed by atoms with Crippen molar-refractivity contribution in [1.29, 1.82) is 0 Å². The molecule has 1 heterocycles. The van der Waals surface area contributed by atoms with Crippen LogP contribution in [0.3, 0.4) is 0 Å². The maximum absolute atomic E-state index is 13.3. The van der Waals surface area contributed by atoms with Crippen molar-refractivity contribution in [3.63, 3.8) is 0 Å². The van der Waals surface area contributed by atoms with Gasteiger partial charge in [-0.3, -0.25) is 4.79 Å². The molecule has 0 fully saturated rings. The average Bonchev–Trinajstić information content (AvgIpc) is 2.71. The van der Waals surface area contributed by atoms with Gasteiger partial charge >= 0.3 is 5.97 Å². The van der Waals surface area contributed by atoms with E-state index in [9.17, 15) is 14.3 Å². The summed E-state index contributed by atoms with van der Waals surface area (Å²) in [7, 11) is 0. The monoisotopic (exact) mass is 243 g/mol. The number of halogens is 1. The molecular weight excluding hydrogens is 233 g/mol. The molecule has 1 aromatic carbocycles. The summed E-state index contributed by atoms with van der Waals surface area (Å²) in [4.78, 5) is 10.6. The number of ether oxygens (including phenoxy) is 2. The molecule has 0 bridgehead atoms. The summed E-state index contributed by atoms with van der Waals surface area (Å²) in [6.07, 6.45) is -0.245. The molecule has 92 valence electrons. The maximum Gasteiger partial charge on any atom is 0.320 e. The summed E-state index contributed by atoms with van der Waals surface area (Å²) in [5, 5.41) is 18.2. The van der Waals surface area contributed by atoms with Crippen molar-refractivity contribution in [3.8, 4) is 17.2 Å². The Kier molecular flexibility index (Phi) is 2.76. The quantitative estimate of drug-likeness (QED) is 0.701. The first-order valence-electron chi connectivity index (χ1n) is 4.79. The van der Waals surface area contributed by atoms with E-state index < -0.39 is 23.6 Å². The molecule has 0 spiro atoms. The molecule has 1 aromatic rings. The zero-order valence-corrected chi connectivity index (χ0v) is 8.64. The molecule has 0 amide bonds. The lowest BCUT2D eigenvalue weighted by molar-refractivity contribution is -0.138. The van der Waals surface area contributed by atoms with Crippen molar-refractivity contribution in [2.45, 2.75) is 12.5 Å². The maximum atomic E-state index is 13.3. The Labute approximate surface area is 95.4 Å². The SMILES string of the molecule is NC(Cc1c(O)c(F)cc2c1OCO2)C(=O)O. The van der Waals surface area contributed by atoms with Crippen molar-refractivity contribution in [3.05, 3.63) is 17.4 Å². The Balaban J connectivity index is 2.42. The molecule has 17 heavy (non-hydrogen) atoms. The lowest BCUT2D eigenvalue weighted by Crippen LogP contribution is -2.32. The number of rotatable bonds is 3. The van der Waals surface area contributed by atoms with Crippen LogP contribution in [0.25, 0.3) is 0 Å². The van der Waals surface area contributed by atoms with E-state index in [-0.39, 0.29) is 30.3 Å². The summed E-state index contributed by atoms with van der Waals surface area (Å²) in [5.41, 5.74) is 5.34. The largest absolute Gasteiger partial charge is 0.505 e. The summed E-state index contributed by atoms with van der Waals surface area (Å²) in [5.74, 6) is -2.54. The van der Waals surface area contributed by atoms with Gasteiger partial charge in [0.1, 0.15) is 6.04 Å². The van der Waals surface area contributed by atoms with Crippen LogP contribution in [0, 0.1) is 5.82 Å². The van der Waals surface area contributed by atoms with Gasteiger partial charge in [-0.25, -0.2) is 4.39 Å². The Morgan fingerprint density at radius 1 is 1.59 bits per heavy atom. The van der Waals surface area contributed by atoms with Crippen LogP contribution >= 0.6 is 0 Å². The van der Waals surface area contributed by atoms with E-state index in [1.165, 1.54) is 0 Å². The molecule has 0 saturated heterocycles. The fraction of sp³-hybridized carbons (Fsp3) is 0.300. The standard InChI is InChI=1S/C10H10FNO5/c11-5-2-7-9(17-3-16-7)4(8(5)13)1-6(12)10(14)15/h2,6,13H,1,3,12H2,(H,14,15). The second-order valence-electron chi connectivity index (χ2n) is 3.57. The summed E-state index contributed by atoms with van der Waals surface area (Å²) >= 11 is 0. The second kappa shape index (κ2) is 4.10. The molecular formula is C10H10FNO5. The fourth-order valence-electron chi connectivity index (χ4n) is 1.56. The number of nitrogens with two attached hydrogens (primary N) is 1. The minimum absolute atomic E-state index is 0.00685. The van der Waals surface area contributed by atoms with Crippen LogP contribution in [0.2, 0.25) is 0 Å². The number of carboxylic acids is 1. The van der Waals surface area contributed by atoms with Gasteiger partial charge in [-0.05, 0) is 0 Å². The van der Waals surface area contributed by atoms with E-state index in [1.807, 2.05) is 0 Å². The molecule has 0 saturated carbocycles. The van der Waals surface area contributed by atoms with Gasteiger partial charge in [0.05, 0.1) is 0 Å². The predicted octanol–water partition coefficient (Wildman–Crippen LogP) is 0.214. The molecule has 0 aliphatic carbocycles. The van der Waals surface area contributed by atoms with Gasteiger partial charge in [0.15, 0.2) is 23.1 Å². The van der Waals surface area contributed by atoms with Gasteiger partial charge < -0.3 is 25.4 Å². The topological polar surface area (TPSA) is 102 Å². The van der Waals surface area contributed by atoms with Crippen LogP contribution < -0.4 is 15.2 Å².